The van der Waals surface area contributed by atoms with Crippen LogP contribution in [0.2, 0.25) is 0 Å². The van der Waals surface area contributed by atoms with Gasteiger partial charge in [-0.1, -0.05) is 0 Å². The first kappa shape index (κ1) is 13.3. The average Bonchev–Trinajstić information content (AvgIpc) is 3.06. The van der Waals surface area contributed by atoms with Gasteiger partial charge >= 0.3 is 0 Å². The normalized spacial score (nSPS) is 17.9. The molecule has 106 valence electrons. The number of rotatable bonds is 5. The molecule has 0 bridgehead atoms. The molecule has 0 saturated carbocycles. The Labute approximate surface area is 121 Å². The van der Waals surface area contributed by atoms with E-state index in [0.29, 0.717) is 11.5 Å². The Morgan fingerprint density at radius 3 is 3.30 bits per heavy atom. The van der Waals surface area contributed by atoms with E-state index in [1.807, 2.05) is 17.6 Å². The third-order valence-electron chi connectivity index (χ3n) is 3.70. The van der Waals surface area contributed by atoms with E-state index in [1.165, 1.54) is 12.2 Å². The summed E-state index contributed by atoms with van der Waals surface area (Å²) >= 11 is 1.58. The number of primary amides is 1. The summed E-state index contributed by atoms with van der Waals surface area (Å²) in [7, 11) is 0. The van der Waals surface area contributed by atoms with Crippen LogP contribution < -0.4 is 11.1 Å². The number of carbonyl (C=O) groups is 1. The highest BCUT2D eigenvalue weighted by molar-refractivity contribution is 7.10. The number of hydrogen-bond acceptors (Lipinski definition) is 4. The Balaban J connectivity index is 1.47. The number of thiophene rings is 1. The Morgan fingerprint density at radius 2 is 2.50 bits per heavy atom. The first-order valence-corrected chi connectivity index (χ1v) is 7.68. The molecule has 0 fully saturated rings. The van der Waals surface area contributed by atoms with Gasteiger partial charge in [0.15, 0.2) is 0 Å². The van der Waals surface area contributed by atoms with Crippen molar-refractivity contribution in [3.8, 4) is 0 Å². The second-order valence-electron chi connectivity index (χ2n) is 5.20. The second kappa shape index (κ2) is 5.76. The summed E-state index contributed by atoms with van der Waals surface area (Å²) < 4.78 is 2.24. The zero-order valence-corrected chi connectivity index (χ0v) is 12.0. The molecule has 0 aliphatic carbocycles. The summed E-state index contributed by atoms with van der Waals surface area (Å²) in [6.45, 7) is 2.83. The molecule has 20 heavy (non-hydrogen) atoms. The number of hydrogen-bond donors (Lipinski definition) is 2. The van der Waals surface area contributed by atoms with Crippen molar-refractivity contribution in [2.24, 2.45) is 11.7 Å². The molecule has 1 unspecified atom stereocenters. The molecular weight excluding hydrogens is 272 g/mol. The van der Waals surface area contributed by atoms with Crippen LogP contribution in [0.4, 0.5) is 0 Å². The van der Waals surface area contributed by atoms with Gasteiger partial charge < -0.3 is 15.6 Å². The van der Waals surface area contributed by atoms with E-state index in [4.69, 9.17) is 5.73 Å². The van der Waals surface area contributed by atoms with Crippen LogP contribution in [-0.4, -0.2) is 22.0 Å². The minimum Gasteiger partial charge on any atom is -0.366 e. The number of fused-ring (bicyclic) bond motifs is 1. The van der Waals surface area contributed by atoms with Gasteiger partial charge in [-0.2, -0.15) is 0 Å². The number of nitrogens with zero attached hydrogens (tertiary/aromatic N) is 2. The SMILES string of the molecule is NC(=O)c1csc(CNCC2CCc3nccn3C2)c1. The van der Waals surface area contributed by atoms with Gasteiger partial charge in [0.1, 0.15) is 5.82 Å². The molecule has 2 aromatic rings. The third kappa shape index (κ3) is 2.91. The highest BCUT2D eigenvalue weighted by Crippen LogP contribution is 2.18. The van der Waals surface area contributed by atoms with Crippen LogP contribution in [0, 0.1) is 5.92 Å². The number of aromatic nitrogens is 2. The smallest absolute Gasteiger partial charge is 0.249 e. The molecule has 0 radical (unpaired) electrons. The third-order valence-corrected chi connectivity index (χ3v) is 4.64. The fourth-order valence-corrected chi connectivity index (χ4v) is 3.45. The number of imidazole rings is 1. The van der Waals surface area contributed by atoms with Crippen molar-refractivity contribution in [1.82, 2.24) is 14.9 Å². The van der Waals surface area contributed by atoms with E-state index in [9.17, 15) is 4.79 Å². The topological polar surface area (TPSA) is 72.9 Å². The van der Waals surface area contributed by atoms with E-state index in [2.05, 4.69) is 21.1 Å². The summed E-state index contributed by atoms with van der Waals surface area (Å²) in [5.74, 6) is 1.49. The van der Waals surface area contributed by atoms with Crippen LogP contribution in [-0.2, 0) is 19.5 Å². The number of nitrogens with two attached hydrogens (primary N) is 1. The van der Waals surface area contributed by atoms with Crippen LogP contribution in [0.5, 0.6) is 0 Å². The Morgan fingerprint density at radius 1 is 1.60 bits per heavy atom. The van der Waals surface area contributed by atoms with Gasteiger partial charge in [0.05, 0.1) is 5.56 Å². The summed E-state index contributed by atoms with van der Waals surface area (Å²) in [5, 5.41) is 5.29. The Bertz CT molecular complexity index is 604. The Hall–Kier alpha value is -1.66. The summed E-state index contributed by atoms with van der Waals surface area (Å²) in [6.07, 6.45) is 6.17. The minimum absolute atomic E-state index is 0.354. The lowest BCUT2D eigenvalue weighted by molar-refractivity contribution is 0.100. The molecule has 5 nitrogen and oxygen atoms in total. The van der Waals surface area contributed by atoms with E-state index in [-0.39, 0.29) is 5.91 Å². The molecule has 6 heteroatoms. The van der Waals surface area contributed by atoms with Crippen molar-refractivity contribution >= 4 is 17.2 Å². The van der Waals surface area contributed by atoms with E-state index < -0.39 is 0 Å². The van der Waals surface area contributed by atoms with E-state index in [1.54, 1.807) is 11.3 Å². The van der Waals surface area contributed by atoms with Crippen molar-refractivity contribution in [1.29, 1.82) is 0 Å². The number of carbonyl (C=O) groups excluding carboxylic acids is 1. The largest absolute Gasteiger partial charge is 0.366 e. The highest BCUT2D eigenvalue weighted by atomic mass is 32.1. The lowest BCUT2D eigenvalue weighted by atomic mass is 9.99. The van der Waals surface area contributed by atoms with Crippen molar-refractivity contribution in [3.63, 3.8) is 0 Å². The zero-order valence-electron chi connectivity index (χ0n) is 11.2. The van der Waals surface area contributed by atoms with Crippen molar-refractivity contribution < 1.29 is 4.79 Å². The average molecular weight is 290 g/mol. The molecule has 1 atom stereocenters. The number of aryl methyl sites for hydroxylation is 1. The highest BCUT2D eigenvalue weighted by Gasteiger charge is 2.18. The Kier molecular flexibility index (Phi) is 3.84. The molecule has 1 aliphatic heterocycles. The van der Waals surface area contributed by atoms with Crippen LogP contribution in [0.25, 0.3) is 0 Å². The van der Waals surface area contributed by atoms with Crippen molar-refractivity contribution in [2.75, 3.05) is 6.54 Å². The lowest BCUT2D eigenvalue weighted by Crippen LogP contribution is -2.29. The molecule has 3 heterocycles. The van der Waals surface area contributed by atoms with Crippen LogP contribution >= 0.6 is 11.3 Å². The molecule has 0 aromatic carbocycles. The lowest BCUT2D eigenvalue weighted by Gasteiger charge is -2.23. The summed E-state index contributed by atoms with van der Waals surface area (Å²) in [6, 6.07) is 1.87. The van der Waals surface area contributed by atoms with Gasteiger partial charge in [0.25, 0.3) is 0 Å². The maximum Gasteiger partial charge on any atom is 0.249 e. The van der Waals surface area contributed by atoms with Crippen LogP contribution in [0.3, 0.4) is 0 Å². The number of nitrogens with one attached hydrogen (secondary N) is 1. The van der Waals surface area contributed by atoms with Gasteiger partial charge in [-0.3, -0.25) is 4.79 Å². The van der Waals surface area contributed by atoms with Gasteiger partial charge in [0.2, 0.25) is 5.91 Å². The van der Waals surface area contributed by atoms with Gasteiger partial charge in [-0.05, 0) is 18.4 Å². The minimum atomic E-state index is -0.354. The standard InChI is InChI=1S/C14H18N4OS/c15-14(19)11-5-12(20-9-11)7-16-6-10-1-2-13-17-3-4-18(13)8-10/h3-5,9-10,16H,1-2,6-8H2,(H2,15,19). The van der Waals surface area contributed by atoms with Crippen LogP contribution in [0.1, 0.15) is 27.5 Å². The fraction of sp³-hybridized carbons (Fsp3) is 0.429. The van der Waals surface area contributed by atoms with Crippen LogP contribution in [0.15, 0.2) is 23.8 Å². The first-order valence-electron chi connectivity index (χ1n) is 6.80. The van der Waals surface area contributed by atoms with E-state index in [0.717, 1.165) is 30.9 Å². The second-order valence-corrected chi connectivity index (χ2v) is 6.19. The van der Waals surface area contributed by atoms with Gasteiger partial charge in [-0.25, -0.2) is 4.98 Å². The predicted molar refractivity (Wildman–Crippen MR) is 78.6 cm³/mol. The molecule has 3 N–H and O–H groups in total. The molecule has 1 aliphatic rings. The monoisotopic (exact) mass is 290 g/mol. The van der Waals surface area contributed by atoms with Crippen molar-refractivity contribution in [2.45, 2.75) is 25.9 Å². The molecular formula is C14H18N4OS. The fourth-order valence-electron chi connectivity index (χ4n) is 2.61. The summed E-state index contributed by atoms with van der Waals surface area (Å²) in [4.78, 5) is 16.5. The summed E-state index contributed by atoms with van der Waals surface area (Å²) in [5.41, 5.74) is 5.85. The zero-order chi connectivity index (χ0) is 13.9. The molecule has 0 spiro atoms. The molecule has 0 saturated heterocycles. The maximum atomic E-state index is 11.0. The molecule has 2 aromatic heterocycles. The van der Waals surface area contributed by atoms with Crippen molar-refractivity contribution in [3.05, 3.63) is 40.1 Å². The first-order chi connectivity index (χ1) is 9.72. The maximum absolute atomic E-state index is 11.0. The molecule has 3 rings (SSSR count). The van der Waals surface area contributed by atoms with Gasteiger partial charge in [0, 0.05) is 48.7 Å². The van der Waals surface area contributed by atoms with E-state index >= 15 is 0 Å². The quantitative estimate of drug-likeness (QED) is 0.874. The molecule has 1 amide bonds. The predicted octanol–water partition coefficient (Wildman–Crippen LogP) is 1.40. The number of amides is 1. The van der Waals surface area contributed by atoms with Gasteiger partial charge in [-0.15, -0.1) is 11.3 Å².